The topological polar surface area (TPSA) is 68.8 Å². The predicted octanol–water partition coefficient (Wildman–Crippen LogP) is 3.52. The van der Waals surface area contributed by atoms with E-state index >= 15 is 0 Å². The second kappa shape index (κ2) is 8.82. The van der Waals surface area contributed by atoms with Crippen LogP contribution in [0.3, 0.4) is 0 Å². The Balaban J connectivity index is 1.81. The van der Waals surface area contributed by atoms with Crippen LogP contribution in [0.2, 0.25) is 0 Å². The lowest BCUT2D eigenvalue weighted by atomic mass is 10.1. The summed E-state index contributed by atoms with van der Waals surface area (Å²) >= 11 is 0. The second-order valence-electron chi connectivity index (χ2n) is 5.56. The van der Waals surface area contributed by atoms with E-state index in [1.165, 1.54) is 12.7 Å². The van der Waals surface area contributed by atoms with E-state index in [-0.39, 0.29) is 6.03 Å². The number of hydrogen-bond donors (Lipinski definition) is 2. The van der Waals surface area contributed by atoms with Gasteiger partial charge < -0.3 is 24.8 Å². The van der Waals surface area contributed by atoms with Crippen LogP contribution in [-0.2, 0) is 0 Å². The fraction of sp³-hybridized carbons (Fsp3) is 0.316. The van der Waals surface area contributed by atoms with Gasteiger partial charge in [0, 0.05) is 6.07 Å². The number of anilines is 1. The summed E-state index contributed by atoms with van der Waals surface area (Å²) in [6, 6.07) is 10.9. The Bertz CT molecular complexity index is 731. The lowest BCUT2D eigenvalue weighted by Gasteiger charge is -2.13. The summed E-state index contributed by atoms with van der Waals surface area (Å²) in [6.07, 6.45) is 0. The molecule has 0 aliphatic heterocycles. The molecule has 0 unspecified atom stereocenters. The van der Waals surface area contributed by atoms with Gasteiger partial charge in [-0.3, -0.25) is 0 Å². The number of carbonyl (C=O) groups is 1. The molecule has 25 heavy (non-hydrogen) atoms. The molecule has 0 spiro atoms. The molecular weight excluding hydrogens is 320 g/mol. The number of carbonyl (C=O) groups excluding carboxylic acids is 1. The van der Waals surface area contributed by atoms with E-state index in [9.17, 15) is 4.79 Å². The molecule has 0 aliphatic carbocycles. The molecule has 134 valence electrons. The Labute approximate surface area is 148 Å². The Kier molecular flexibility index (Phi) is 6.51. The molecule has 6 heteroatoms. The maximum absolute atomic E-state index is 12.0. The summed E-state index contributed by atoms with van der Waals surface area (Å²) < 4.78 is 16.1. The normalized spacial score (nSPS) is 10.1. The highest BCUT2D eigenvalue weighted by Gasteiger charge is 2.08. The van der Waals surface area contributed by atoms with E-state index in [2.05, 4.69) is 16.7 Å². The van der Waals surface area contributed by atoms with Crippen LogP contribution in [0, 0.1) is 13.8 Å². The molecule has 2 rings (SSSR count). The van der Waals surface area contributed by atoms with E-state index in [4.69, 9.17) is 14.2 Å². The molecule has 2 aromatic carbocycles. The quantitative estimate of drug-likeness (QED) is 0.754. The van der Waals surface area contributed by atoms with Crippen LogP contribution in [0.5, 0.6) is 17.2 Å². The number of hydrogen-bond acceptors (Lipinski definition) is 4. The third-order valence-electron chi connectivity index (χ3n) is 3.63. The van der Waals surface area contributed by atoms with E-state index in [1.54, 1.807) is 25.3 Å². The minimum atomic E-state index is -0.326. The summed E-state index contributed by atoms with van der Waals surface area (Å²) in [6.45, 7) is 4.81. The average molecular weight is 344 g/mol. The number of urea groups is 1. The van der Waals surface area contributed by atoms with Gasteiger partial charge >= 0.3 is 6.03 Å². The Hall–Kier alpha value is -2.89. The number of nitrogens with one attached hydrogen (secondary N) is 2. The highest BCUT2D eigenvalue weighted by atomic mass is 16.5. The van der Waals surface area contributed by atoms with Crippen molar-refractivity contribution in [1.29, 1.82) is 0 Å². The molecule has 2 aromatic rings. The van der Waals surface area contributed by atoms with Gasteiger partial charge in [0.1, 0.15) is 23.9 Å². The summed E-state index contributed by atoms with van der Waals surface area (Å²) in [5.41, 5.74) is 2.83. The largest absolute Gasteiger partial charge is 0.497 e. The van der Waals surface area contributed by atoms with Crippen LogP contribution in [0.15, 0.2) is 36.4 Å². The SMILES string of the molecule is COc1ccc(NC(=O)NCCOc2ccc(C)cc2C)c(OC)c1. The summed E-state index contributed by atoms with van der Waals surface area (Å²) in [4.78, 5) is 12.0. The van der Waals surface area contributed by atoms with Crippen molar-refractivity contribution in [3.63, 3.8) is 0 Å². The van der Waals surface area contributed by atoms with Gasteiger partial charge in [-0.25, -0.2) is 4.79 Å². The first-order valence-corrected chi connectivity index (χ1v) is 8.00. The monoisotopic (exact) mass is 344 g/mol. The van der Waals surface area contributed by atoms with Gasteiger partial charge in [-0.1, -0.05) is 17.7 Å². The van der Waals surface area contributed by atoms with E-state index in [1.807, 2.05) is 26.0 Å². The highest BCUT2D eigenvalue weighted by molar-refractivity contribution is 5.91. The number of aryl methyl sites for hydroxylation is 2. The van der Waals surface area contributed by atoms with Crippen LogP contribution in [0.4, 0.5) is 10.5 Å². The van der Waals surface area contributed by atoms with Crippen LogP contribution >= 0.6 is 0 Å². The Morgan fingerprint density at radius 2 is 1.80 bits per heavy atom. The van der Waals surface area contributed by atoms with Crippen molar-refractivity contribution in [2.75, 3.05) is 32.7 Å². The second-order valence-corrected chi connectivity index (χ2v) is 5.56. The molecule has 6 nitrogen and oxygen atoms in total. The molecule has 0 bridgehead atoms. The molecule has 0 atom stereocenters. The molecule has 0 aliphatic rings. The third-order valence-corrected chi connectivity index (χ3v) is 3.63. The maximum atomic E-state index is 12.0. The fourth-order valence-electron chi connectivity index (χ4n) is 2.36. The summed E-state index contributed by atoms with van der Waals surface area (Å²) in [5.74, 6) is 2.01. The number of amides is 2. The zero-order chi connectivity index (χ0) is 18.2. The van der Waals surface area contributed by atoms with Crippen LogP contribution < -0.4 is 24.8 Å². The predicted molar refractivity (Wildman–Crippen MR) is 98.0 cm³/mol. The van der Waals surface area contributed by atoms with Crippen LogP contribution in [-0.4, -0.2) is 33.4 Å². The van der Waals surface area contributed by atoms with Gasteiger partial charge in [-0.2, -0.15) is 0 Å². The van der Waals surface area contributed by atoms with Crippen molar-refractivity contribution >= 4 is 11.7 Å². The van der Waals surface area contributed by atoms with Crippen molar-refractivity contribution in [1.82, 2.24) is 5.32 Å². The average Bonchev–Trinajstić information content (AvgIpc) is 2.60. The minimum Gasteiger partial charge on any atom is -0.497 e. The number of benzene rings is 2. The van der Waals surface area contributed by atoms with Gasteiger partial charge in [-0.05, 0) is 37.6 Å². The van der Waals surface area contributed by atoms with Gasteiger partial charge in [-0.15, -0.1) is 0 Å². The molecule has 0 saturated carbocycles. The first-order valence-electron chi connectivity index (χ1n) is 8.00. The molecule has 0 radical (unpaired) electrons. The van der Waals surface area contributed by atoms with Crippen LogP contribution in [0.25, 0.3) is 0 Å². The molecule has 0 aromatic heterocycles. The molecule has 0 heterocycles. The third kappa shape index (κ3) is 5.31. The van der Waals surface area contributed by atoms with E-state index < -0.39 is 0 Å². The van der Waals surface area contributed by atoms with Gasteiger partial charge in [0.05, 0.1) is 26.5 Å². The smallest absolute Gasteiger partial charge is 0.319 e. The maximum Gasteiger partial charge on any atom is 0.319 e. The summed E-state index contributed by atoms with van der Waals surface area (Å²) in [5, 5.41) is 5.49. The molecule has 0 saturated heterocycles. The van der Waals surface area contributed by atoms with Crippen molar-refractivity contribution in [3.05, 3.63) is 47.5 Å². The Morgan fingerprint density at radius 3 is 2.48 bits per heavy atom. The van der Waals surface area contributed by atoms with Crippen molar-refractivity contribution in [2.24, 2.45) is 0 Å². The van der Waals surface area contributed by atoms with Gasteiger partial charge in [0.2, 0.25) is 0 Å². The minimum absolute atomic E-state index is 0.326. The zero-order valence-corrected chi connectivity index (χ0v) is 15.0. The zero-order valence-electron chi connectivity index (χ0n) is 15.0. The first-order chi connectivity index (χ1) is 12.0. The first kappa shape index (κ1) is 18.4. The van der Waals surface area contributed by atoms with Crippen molar-refractivity contribution in [2.45, 2.75) is 13.8 Å². The molecule has 2 amide bonds. The van der Waals surface area contributed by atoms with Crippen molar-refractivity contribution in [3.8, 4) is 17.2 Å². The van der Waals surface area contributed by atoms with Crippen molar-refractivity contribution < 1.29 is 19.0 Å². The molecular formula is C19H24N2O4. The number of ether oxygens (including phenoxy) is 3. The standard InChI is InChI=1S/C19H24N2O4/c1-13-5-8-17(14(2)11-13)25-10-9-20-19(22)21-16-7-6-15(23-3)12-18(16)24-4/h5-8,11-12H,9-10H2,1-4H3,(H2,20,21,22). The van der Waals surface area contributed by atoms with E-state index in [0.29, 0.717) is 30.3 Å². The van der Waals surface area contributed by atoms with Gasteiger partial charge in [0.25, 0.3) is 0 Å². The lowest BCUT2D eigenvalue weighted by Crippen LogP contribution is -2.32. The molecule has 2 N–H and O–H groups in total. The highest BCUT2D eigenvalue weighted by Crippen LogP contribution is 2.28. The van der Waals surface area contributed by atoms with Crippen LogP contribution in [0.1, 0.15) is 11.1 Å². The van der Waals surface area contributed by atoms with Gasteiger partial charge in [0.15, 0.2) is 0 Å². The molecule has 0 fully saturated rings. The Morgan fingerprint density at radius 1 is 1.00 bits per heavy atom. The number of rotatable bonds is 7. The lowest BCUT2D eigenvalue weighted by molar-refractivity contribution is 0.247. The summed E-state index contributed by atoms with van der Waals surface area (Å²) in [7, 11) is 3.11. The fourth-order valence-corrected chi connectivity index (χ4v) is 2.36. The van der Waals surface area contributed by atoms with E-state index in [0.717, 1.165) is 11.3 Å². The number of methoxy groups -OCH3 is 2.